The van der Waals surface area contributed by atoms with Gasteiger partial charge < -0.3 is 4.90 Å². The van der Waals surface area contributed by atoms with Crippen molar-refractivity contribution in [3.63, 3.8) is 0 Å². The number of aryl methyl sites for hydroxylation is 2. The lowest BCUT2D eigenvalue weighted by molar-refractivity contribution is -0.137. The second kappa shape index (κ2) is 9.10. The highest BCUT2D eigenvalue weighted by atomic mass is 32.2. The summed E-state index contributed by atoms with van der Waals surface area (Å²) in [6.07, 6.45) is -3.13. The number of rotatable bonds is 5. The fourth-order valence-electron chi connectivity index (χ4n) is 4.11. The third kappa shape index (κ3) is 5.24. The van der Waals surface area contributed by atoms with Gasteiger partial charge in [0.25, 0.3) is 0 Å². The second-order valence-corrected chi connectivity index (χ2v) is 11.5. The number of hydrogen-bond acceptors (Lipinski definition) is 5. The molecular weight excluding hydrogens is 469 g/mol. The zero-order valence-corrected chi connectivity index (χ0v) is 20.0. The number of nitrogens with zero attached hydrogens (tertiary/aromatic N) is 2. The van der Waals surface area contributed by atoms with Crippen LogP contribution < -0.4 is 4.90 Å². The molecule has 176 valence electrons. The molecule has 2 aromatic carbocycles. The molecule has 0 aliphatic carbocycles. The van der Waals surface area contributed by atoms with Crippen LogP contribution in [0.4, 0.5) is 18.3 Å². The van der Waals surface area contributed by atoms with Crippen LogP contribution in [-0.4, -0.2) is 31.7 Å². The summed E-state index contributed by atoms with van der Waals surface area (Å²) in [5, 5.41) is 2.18. The first kappa shape index (κ1) is 23.8. The Morgan fingerprint density at radius 2 is 1.82 bits per heavy atom. The molecule has 0 radical (unpaired) electrons. The lowest BCUT2D eigenvalue weighted by Gasteiger charge is -2.31. The lowest BCUT2D eigenvalue weighted by Crippen LogP contribution is -2.39. The number of alkyl halides is 3. The van der Waals surface area contributed by atoms with Crippen molar-refractivity contribution < 1.29 is 21.6 Å². The van der Waals surface area contributed by atoms with Crippen molar-refractivity contribution in [1.82, 2.24) is 4.98 Å². The first-order valence-corrected chi connectivity index (χ1v) is 13.1. The SMILES string of the molecule is Cc1ccc(C)c(Cc2csc(N3CCC(S(=O)(=O)c4cccc(C(F)(F)F)c4)CC3)n2)c1. The molecule has 4 rings (SSSR count). The molecule has 1 fully saturated rings. The fourth-order valence-corrected chi connectivity index (χ4v) is 6.76. The van der Waals surface area contributed by atoms with Crippen LogP contribution in [0, 0.1) is 13.8 Å². The Hall–Kier alpha value is -2.39. The van der Waals surface area contributed by atoms with E-state index in [0.717, 1.165) is 35.4 Å². The van der Waals surface area contributed by atoms with Crippen molar-refractivity contribution in [2.75, 3.05) is 18.0 Å². The molecule has 0 bridgehead atoms. The third-order valence-electron chi connectivity index (χ3n) is 6.06. The monoisotopic (exact) mass is 494 g/mol. The summed E-state index contributed by atoms with van der Waals surface area (Å²) in [5.41, 5.74) is 3.69. The van der Waals surface area contributed by atoms with Gasteiger partial charge in [0.2, 0.25) is 0 Å². The van der Waals surface area contributed by atoms with Gasteiger partial charge in [-0.3, -0.25) is 0 Å². The van der Waals surface area contributed by atoms with Gasteiger partial charge in [0.15, 0.2) is 15.0 Å². The molecule has 0 unspecified atom stereocenters. The molecule has 0 N–H and O–H groups in total. The van der Waals surface area contributed by atoms with E-state index in [2.05, 4.69) is 36.9 Å². The standard InChI is InChI=1S/C24H25F3N2O2S2/c1-16-6-7-17(2)18(12-16)13-20-15-32-23(28-20)29-10-8-21(9-11-29)33(30,31)22-5-3-4-19(14-22)24(25,26)27/h3-7,12,14-15,21H,8-11,13H2,1-2H3. The van der Waals surface area contributed by atoms with E-state index in [1.165, 1.54) is 34.1 Å². The number of hydrogen-bond donors (Lipinski definition) is 0. The molecule has 3 aromatic rings. The van der Waals surface area contributed by atoms with E-state index in [1.807, 2.05) is 5.38 Å². The Morgan fingerprint density at radius 1 is 1.09 bits per heavy atom. The van der Waals surface area contributed by atoms with E-state index in [0.29, 0.717) is 25.9 Å². The molecule has 2 heterocycles. The summed E-state index contributed by atoms with van der Waals surface area (Å²) in [5.74, 6) is 0. The van der Waals surface area contributed by atoms with Crippen LogP contribution in [0.5, 0.6) is 0 Å². The zero-order chi connectivity index (χ0) is 23.8. The van der Waals surface area contributed by atoms with Gasteiger partial charge in [-0.15, -0.1) is 11.3 Å². The van der Waals surface area contributed by atoms with E-state index >= 15 is 0 Å². The normalized spacial score (nSPS) is 15.7. The molecule has 0 spiro atoms. The van der Waals surface area contributed by atoms with Crippen LogP contribution in [-0.2, 0) is 22.4 Å². The Morgan fingerprint density at radius 3 is 2.52 bits per heavy atom. The highest BCUT2D eigenvalue weighted by Gasteiger charge is 2.35. The molecule has 4 nitrogen and oxygen atoms in total. The Kier molecular flexibility index (Phi) is 6.55. The maximum Gasteiger partial charge on any atom is 0.416 e. The maximum absolute atomic E-state index is 13.0. The number of halogens is 3. The van der Waals surface area contributed by atoms with Crippen molar-refractivity contribution in [2.24, 2.45) is 0 Å². The average molecular weight is 495 g/mol. The van der Waals surface area contributed by atoms with Gasteiger partial charge in [-0.05, 0) is 56.0 Å². The number of benzene rings is 2. The predicted molar refractivity (Wildman–Crippen MR) is 125 cm³/mol. The van der Waals surface area contributed by atoms with Crippen molar-refractivity contribution >= 4 is 26.3 Å². The summed E-state index contributed by atoms with van der Waals surface area (Å²) in [4.78, 5) is 6.56. The smallest absolute Gasteiger partial charge is 0.348 e. The Balaban J connectivity index is 1.43. The minimum Gasteiger partial charge on any atom is -0.348 e. The largest absolute Gasteiger partial charge is 0.416 e. The van der Waals surface area contributed by atoms with Crippen molar-refractivity contribution in [3.8, 4) is 0 Å². The molecule has 1 saturated heterocycles. The summed E-state index contributed by atoms with van der Waals surface area (Å²) < 4.78 is 65.0. The molecule has 1 aliphatic heterocycles. The molecule has 9 heteroatoms. The van der Waals surface area contributed by atoms with E-state index in [4.69, 9.17) is 4.98 Å². The topological polar surface area (TPSA) is 50.3 Å². The van der Waals surface area contributed by atoms with E-state index in [9.17, 15) is 21.6 Å². The van der Waals surface area contributed by atoms with Crippen LogP contribution in [0.2, 0.25) is 0 Å². The number of aromatic nitrogens is 1. The molecule has 0 amide bonds. The van der Waals surface area contributed by atoms with Crippen LogP contribution in [0.25, 0.3) is 0 Å². The molecule has 0 saturated carbocycles. The van der Waals surface area contributed by atoms with Crippen LogP contribution in [0.3, 0.4) is 0 Å². The summed E-state index contributed by atoms with van der Waals surface area (Å²) >= 11 is 1.54. The number of sulfone groups is 1. The Bertz CT molecular complexity index is 1240. The number of thiazole rings is 1. The molecule has 1 aromatic heterocycles. The average Bonchev–Trinajstić information content (AvgIpc) is 3.24. The highest BCUT2D eigenvalue weighted by molar-refractivity contribution is 7.92. The summed E-state index contributed by atoms with van der Waals surface area (Å²) in [7, 11) is -3.84. The number of anilines is 1. The van der Waals surface area contributed by atoms with E-state index in [1.54, 1.807) is 0 Å². The van der Waals surface area contributed by atoms with Crippen molar-refractivity contribution in [1.29, 1.82) is 0 Å². The summed E-state index contributed by atoms with van der Waals surface area (Å²) in [6.45, 7) is 5.14. The highest BCUT2D eigenvalue weighted by Crippen LogP contribution is 2.33. The van der Waals surface area contributed by atoms with Crippen LogP contribution >= 0.6 is 11.3 Å². The lowest BCUT2D eigenvalue weighted by atomic mass is 10.0. The predicted octanol–water partition coefficient (Wildman–Crippen LogP) is 5.81. The third-order valence-corrected chi connectivity index (χ3v) is 9.27. The quantitative estimate of drug-likeness (QED) is 0.449. The van der Waals surface area contributed by atoms with Gasteiger partial charge >= 0.3 is 6.18 Å². The minimum atomic E-state index is -4.57. The van der Waals surface area contributed by atoms with Gasteiger partial charge in [0.05, 0.1) is 21.4 Å². The van der Waals surface area contributed by atoms with E-state index < -0.39 is 26.8 Å². The minimum absolute atomic E-state index is 0.263. The second-order valence-electron chi connectivity index (χ2n) is 8.49. The summed E-state index contributed by atoms with van der Waals surface area (Å²) in [6, 6.07) is 10.4. The maximum atomic E-state index is 13.0. The van der Waals surface area contributed by atoms with Gasteiger partial charge in [-0.2, -0.15) is 13.2 Å². The molecule has 33 heavy (non-hydrogen) atoms. The zero-order valence-electron chi connectivity index (χ0n) is 18.4. The van der Waals surface area contributed by atoms with Crippen molar-refractivity contribution in [2.45, 2.75) is 49.4 Å². The van der Waals surface area contributed by atoms with Gasteiger partial charge in [0, 0.05) is 24.9 Å². The molecular formula is C24H25F3N2O2S2. The van der Waals surface area contributed by atoms with Gasteiger partial charge in [-0.1, -0.05) is 29.8 Å². The van der Waals surface area contributed by atoms with Crippen LogP contribution in [0.1, 0.15) is 40.8 Å². The first-order valence-electron chi connectivity index (χ1n) is 10.7. The fraction of sp³-hybridized carbons (Fsp3) is 0.375. The van der Waals surface area contributed by atoms with Crippen LogP contribution in [0.15, 0.2) is 52.7 Å². The number of piperidine rings is 1. The van der Waals surface area contributed by atoms with Gasteiger partial charge in [-0.25, -0.2) is 13.4 Å². The van der Waals surface area contributed by atoms with Gasteiger partial charge in [0.1, 0.15) is 0 Å². The molecule has 0 atom stereocenters. The van der Waals surface area contributed by atoms with E-state index in [-0.39, 0.29) is 4.90 Å². The first-order chi connectivity index (χ1) is 15.5. The molecule has 1 aliphatic rings. The van der Waals surface area contributed by atoms with Crippen molar-refractivity contribution in [3.05, 3.63) is 75.8 Å². The Labute approximate surface area is 196 Å².